The number of aliphatic hydroxyl groups excluding tert-OH is 1. The molecule has 0 spiro atoms. The summed E-state index contributed by atoms with van der Waals surface area (Å²) in [5, 5.41) is 9.65. The largest absolute Gasteiger partial charge is 0.462 e. The molecule has 0 aromatic heterocycles. The minimum atomic E-state index is -0.793. The third kappa shape index (κ3) is 54.6. The second-order valence-electron chi connectivity index (χ2n) is 17.9. The Balaban J connectivity index is 3.58. The highest BCUT2D eigenvalue weighted by Gasteiger charge is 2.16. The Kier molecular flexibility index (Phi) is 54.0. The monoisotopic (exact) mass is 939 g/mol. The average molecular weight is 940 g/mol. The number of esters is 2. The number of hydrogen-bond donors (Lipinski definition) is 1. The molecular formula is C63H102O5. The van der Waals surface area contributed by atoms with Gasteiger partial charge in [0, 0.05) is 12.8 Å². The van der Waals surface area contributed by atoms with Crippen molar-refractivity contribution in [2.75, 3.05) is 13.2 Å². The normalized spacial score (nSPS) is 13.3. The van der Waals surface area contributed by atoms with E-state index in [0.29, 0.717) is 12.8 Å². The van der Waals surface area contributed by atoms with E-state index in [1.807, 2.05) is 0 Å². The van der Waals surface area contributed by atoms with Gasteiger partial charge >= 0.3 is 11.9 Å². The Hall–Kier alpha value is -3.96. The molecule has 0 saturated heterocycles. The molecule has 0 heterocycles. The van der Waals surface area contributed by atoms with Gasteiger partial charge in [-0.1, -0.05) is 244 Å². The van der Waals surface area contributed by atoms with Gasteiger partial charge in [0.2, 0.25) is 0 Å². The van der Waals surface area contributed by atoms with Crippen molar-refractivity contribution >= 4 is 11.9 Å². The molecule has 0 aromatic carbocycles. The van der Waals surface area contributed by atoms with Gasteiger partial charge in [0.25, 0.3) is 0 Å². The fourth-order valence-electron chi connectivity index (χ4n) is 7.35. The lowest BCUT2D eigenvalue weighted by atomic mass is 10.0. The Morgan fingerprint density at radius 1 is 0.338 bits per heavy atom. The zero-order chi connectivity index (χ0) is 49.2. The van der Waals surface area contributed by atoms with Crippen molar-refractivity contribution in [3.8, 4) is 0 Å². The first kappa shape index (κ1) is 64.0. The van der Waals surface area contributed by atoms with Gasteiger partial charge in [0.05, 0.1) is 6.61 Å². The zero-order valence-corrected chi connectivity index (χ0v) is 43.8. The Morgan fingerprint density at radius 2 is 0.588 bits per heavy atom. The van der Waals surface area contributed by atoms with Gasteiger partial charge in [-0.05, 0) is 109 Å². The lowest BCUT2D eigenvalue weighted by Crippen LogP contribution is -2.28. The van der Waals surface area contributed by atoms with Gasteiger partial charge in [-0.2, -0.15) is 0 Å². The van der Waals surface area contributed by atoms with Gasteiger partial charge in [-0.25, -0.2) is 0 Å². The van der Waals surface area contributed by atoms with Crippen molar-refractivity contribution in [1.82, 2.24) is 0 Å². The van der Waals surface area contributed by atoms with Gasteiger partial charge in [0.1, 0.15) is 6.61 Å². The van der Waals surface area contributed by atoms with Crippen molar-refractivity contribution in [2.24, 2.45) is 0 Å². The van der Waals surface area contributed by atoms with E-state index in [9.17, 15) is 14.7 Å². The number of carbonyl (C=O) groups is 2. The van der Waals surface area contributed by atoms with Gasteiger partial charge in [-0.15, -0.1) is 0 Å². The molecule has 5 heteroatoms. The summed E-state index contributed by atoms with van der Waals surface area (Å²) in [6, 6.07) is 0. The first-order valence-electron chi connectivity index (χ1n) is 27.7. The van der Waals surface area contributed by atoms with Crippen molar-refractivity contribution in [2.45, 2.75) is 238 Å². The zero-order valence-electron chi connectivity index (χ0n) is 43.8. The summed E-state index contributed by atoms with van der Waals surface area (Å²) in [5.74, 6) is -0.619. The first-order chi connectivity index (χ1) is 33.6. The Labute approximate surface area is 419 Å². The summed E-state index contributed by atoms with van der Waals surface area (Å²) < 4.78 is 10.7. The molecule has 5 nitrogen and oxygen atoms in total. The highest BCUT2D eigenvalue weighted by Crippen LogP contribution is 2.15. The van der Waals surface area contributed by atoms with Crippen LogP contribution >= 0.6 is 0 Å². The van der Waals surface area contributed by atoms with Crippen LogP contribution in [0.5, 0.6) is 0 Å². The molecular weight excluding hydrogens is 837 g/mol. The standard InChI is InChI=1S/C63H102O5/c1-3-5-7-9-11-13-15-17-19-21-23-25-27-29-31-33-35-37-39-41-43-45-47-49-51-53-55-57-62(65)67-60-61(59-64)68-63(66)58-56-54-52-50-48-46-44-42-40-38-36-34-32-30-28-26-24-22-20-18-16-14-12-10-8-6-4-2/h5-8,11-14,17-20,23-26,30,32,36,38,42,44,61,64H,3-4,9-10,15-16,21-22,27-29,31,33-35,37,39-41,43,45-60H2,1-2H3/b7-5-,8-6-,13-11-,14-12-,19-17-,20-18-,25-23-,26-24-,32-30-,38-36-,44-42-. The minimum Gasteiger partial charge on any atom is -0.462 e. The lowest BCUT2D eigenvalue weighted by Gasteiger charge is -2.15. The highest BCUT2D eigenvalue weighted by molar-refractivity contribution is 5.70. The fourth-order valence-corrected chi connectivity index (χ4v) is 7.35. The van der Waals surface area contributed by atoms with Crippen molar-refractivity contribution in [3.63, 3.8) is 0 Å². The van der Waals surface area contributed by atoms with Crippen LogP contribution in [0.3, 0.4) is 0 Å². The van der Waals surface area contributed by atoms with Crippen LogP contribution in [0.1, 0.15) is 232 Å². The molecule has 0 bridgehead atoms. The molecule has 0 aromatic rings. The van der Waals surface area contributed by atoms with Crippen molar-refractivity contribution in [3.05, 3.63) is 134 Å². The van der Waals surface area contributed by atoms with Crippen LogP contribution in [0, 0.1) is 0 Å². The highest BCUT2D eigenvalue weighted by atomic mass is 16.6. The summed E-state index contributed by atoms with van der Waals surface area (Å²) in [6.45, 7) is 3.90. The summed E-state index contributed by atoms with van der Waals surface area (Å²) >= 11 is 0. The molecule has 0 radical (unpaired) electrons. The summed E-state index contributed by atoms with van der Waals surface area (Å²) in [6.07, 6.45) is 85.5. The molecule has 0 aliphatic rings. The van der Waals surface area contributed by atoms with E-state index < -0.39 is 6.10 Å². The van der Waals surface area contributed by atoms with Crippen LogP contribution in [0.25, 0.3) is 0 Å². The number of ether oxygens (including phenoxy) is 2. The topological polar surface area (TPSA) is 72.8 Å². The van der Waals surface area contributed by atoms with Gasteiger partial charge in [0.15, 0.2) is 6.10 Å². The Morgan fingerprint density at radius 3 is 0.882 bits per heavy atom. The Bertz CT molecular complexity index is 1430. The quantitative estimate of drug-likeness (QED) is 0.0374. The minimum absolute atomic E-state index is 0.0820. The second kappa shape index (κ2) is 57.4. The fraction of sp³-hybridized carbons (Fsp3) is 0.619. The lowest BCUT2D eigenvalue weighted by molar-refractivity contribution is -0.161. The number of aliphatic hydroxyl groups is 1. The molecule has 0 saturated carbocycles. The predicted octanol–water partition coefficient (Wildman–Crippen LogP) is 18.9. The van der Waals surface area contributed by atoms with E-state index >= 15 is 0 Å². The molecule has 0 rings (SSSR count). The molecule has 68 heavy (non-hydrogen) atoms. The summed E-state index contributed by atoms with van der Waals surface area (Å²) in [5.41, 5.74) is 0. The maximum Gasteiger partial charge on any atom is 0.306 e. The van der Waals surface area contributed by atoms with E-state index in [-0.39, 0.29) is 25.2 Å². The van der Waals surface area contributed by atoms with Crippen LogP contribution in [0.4, 0.5) is 0 Å². The first-order valence-corrected chi connectivity index (χ1v) is 27.7. The molecule has 0 fully saturated rings. The molecule has 0 amide bonds. The number of hydrogen-bond acceptors (Lipinski definition) is 5. The van der Waals surface area contributed by atoms with E-state index in [1.165, 1.54) is 77.0 Å². The maximum atomic E-state index is 12.3. The van der Waals surface area contributed by atoms with E-state index in [2.05, 4.69) is 148 Å². The SMILES string of the molecule is CC/C=C\C/C=C\C/C=C\C/C=C\C/C=C\C/C=C\C/C=C\CCCCCCCC(=O)OC(CO)COC(=O)CCCCCCCCCCCCCCCC/C=C\C/C=C\C/C=C\C/C=C\CC. The van der Waals surface area contributed by atoms with Crippen molar-refractivity contribution < 1.29 is 24.2 Å². The summed E-state index contributed by atoms with van der Waals surface area (Å²) in [4.78, 5) is 24.5. The van der Waals surface area contributed by atoms with Crippen LogP contribution in [-0.4, -0.2) is 36.4 Å². The van der Waals surface area contributed by atoms with E-state index in [0.717, 1.165) is 128 Å². The third-order valence-corrected chi connectivity index (χ3v) is 11.4. The van der Waals surface area contributed by atoms with E-state index in [4.69, 9.17) is 9.47 Å². The van der Waals surface area contributed by atoms with Crippen molar-refractivity contribution in [1.29, 1.82) is 0 Å². The number of allylic oxidation sites excluding steroid dienone is 22. The van der Waals surface area contributed by atoms with Gasteiger partial charge in [-0.3, -0.25) is 9.59 Å². The summed E-state index contributed by atoms with van der Waals surface area (Å²) in [7, 11) is 0. The maximum absolute atomic E-state index is 12.3. The molecule has 0 aliphatic carbocycles. The van der Waals surface area contributed by atoms with Crippen LogP contribution < -0.4 is 0 Å². The third-order valence-electron chi connectivity index (χ3n) is 11.4. The number of unbranched alkanes of at least 4 members (excludes halogenated alkanes) is 19. The number of rotatable bonds is 49. The molecule has 384 valence electrons. The smallest absolute Gasteiger partial charge is 0.306 e. The molecule has 0 aliphatic heterocycles. The second-order valence-corrected chi connectivity index (χ2v) is 17.9. The van der Waals surface area contributed by atoms with Gasteiger partial charge < -0.3 is 14.6 Å². The average Bonchev–Trinajstić information content (AvgIpc) is 3.34. The predicted molar refractivity (Wildman–Crippen MR) is 297 cm³/mol. The van der Waals surface area contributed by atoms with Crippen LogP contribution in [0.2, 0.25) is 0 Å². The number of carbonyl (C=O) groups excluding carboxylic acids is 2. The van der Waals surface area contributed by atoms with Crippen LogP contribution in [-0.2, 0) is 19.1 Å². The molecule has 1 atom stereocenters. The van der Waals surface area contributed by atoms with Crippen LogP contribution in [0.15, 0.2) is 134 Å². The molecule has 1 unspecified atom stereocenters. The van der Waals surface area contributed by atoms with E-state index in [1.54, 1.807) is 0 Å². The molecule has 1 N–H and O–H groups in total.